The van der Waals surface area contributed by atoms with Gasteiger partial charge in [0, 0.05) is 13.0 Å². The second-order valence-electron chi connectivity index (χ2n) is 16.2. The third-order valence-electron chi connectivity index (χ3n) is 10.7. The Balaban J connectivity index is 2.40. The van der Waals surface area contributed by atoms with Gasteiger partial charge in [-0.3, -0.25) is 13.8 Å². The molecule has 1 aliphatic carbocycles. The van der Waals surface area contributed by atoms with Gasteiger partial charge in [-0.2, -0.15) is 0 Å². The minimum Gasteiger partial charge on any atom is -0.457 e. The van der Waals surface area contributed by atoms with Gasteiger partial charge in [0.25, 0.3) is 0 Å². The summed E-state index contributed by atoms with van der Waals surface area (Å²) in [5, 5.41) is 50.2. The van der Waals surface area contributed by atoms with Crippen molar-refractivity contribution in [1.82, 2.24) is 0 Å². The number of esters is 1. The lowest BCUT2D eigenvalue weighted by molar-refractivity contribution is -0.220. The molecule has 0 radical (unpaired) electrons. The number of carbonyl (C=O) groups excluding carboxylic acids is 1. The van der Waals surface area contributed by atoms with Gasteiger partial charge in [0.15, 0.2) is 0 Å². The van der Waals surface area contributed by atoms with E-state index in [2.05, 4.69) is 62.5 Å². The summed E-state index contributed by atoms with van der Waals surface area (Å²) in [7, 11) is -5.02. The van der Waals surface area contributed by atoms with E-state index in [1.807, 2.05) is 0 Å². The Morgan fingerprint density at radius 2 is 0.933 bits per heavy atom. The normalized spacial score (nSPS) is 22.7. The van der Waals surface area contributed by atoms with Crippen LogP contribution in [0, 0.1) is 0 Å². The maximum atomic E-state index is 12.8. The number of phosphoric ester groups is 1. The highest BCUT2D eigenvalue weighted by Crippen LogP contribution is 2.47. The molecule has 1 aliphatic rings. The zero-order chi connectivity index (χ0) is 44.1. The molecule has 12 nitrogen and oxygen atoms in total. The Hall–Kier alpha value is -1.70. The molecule has 1 rings (SSSR count). The van der Waals surface area contributed by atoms with Crippen LogP contribution in [0.2, 0.25) is 0 Å². The van der Waals surface area contributed by atoms with Gasteiger partial charge in [0.2, 0.25) is 0 Å². The molecule has 0 heterocycles. The molecule has 350 valence electrons. The van der Waals surface area contributed by atoms with E-state index in [0.29, 0.717) is 13.0 Å². The number of phosphoric acid groups is 1. The molecule has 0 spiro atoms. The van der Waals surface area contributed by atoms with E-state index in [9.17, 15) is 39.8 Å². The fourth-order valence-electron chi connectivity index (χ4n) is 6.89. The maximum Gasteiger partial charge on any atom is 0.472 e. The molecule has 0 aromatic carbocycles. The Bertz CT molecular complexity index is 1180. The van der Waals surface area contributed by atoms with Gasteiger partial charge in [0.1, 0.15) is 42.7 Å². The monoisotopic (exact) mass is 873 g/mol. The Morgan fingerprint density at radius 3 is 1.40 bits per heavy atom. The Kier molecular flexibility index (Phi) is 35.5. The summed E-state index contributed by atoms with van der Waals surface area (Å²) in [4.78, 5) is 23.2. The molecule has 6 N–H and O–H groups in total. The number of rotatable bonds is 39. The van der Waals surface area contributed by atoms with Crippen LogP contribution < -0.4 is 0 Å². The molecule has 60 heavy (non-hydrogen) atoms. The number of unbranched alkanes of at least 4 members (excludes halogenated alkanes) is 19. The van der Waals surface area contributed by atoms with Crippen LogP contribution in [0.25, 0.3) is 0 Å². The van der Waals surface area contributed by atoms with Gasteiger partial charge >= 0.3 is 13.8 Å². The predicted octanol–water partition coefficient (Wildman–Crippen LogP) is 9.64. The van der Waals surface area contributed by atoms with Gasteiger partial charge in [-0.25, -0.2) is 4.57 Å². The summed E-state index contributed by atoms with van der Waals surface area (Å²) in [6.45, 7) is 4.18. The van der Waals surface area contributed by atoms with E-state index in [4.69, 9.17) is 18.5 Å². The van der Waals surface area contributed by atoms with E-state index in [-0.39, 0.29) is 13.0 Å². The molecular formula is C47H85O12P. The van der Waals surface area contributed by atoms with Crippen molar-refractivity contribution in [2.75, 3.05) is 19.8 Å². The molecule has 1 fully saturated rings. The van der Waals surface area contributed by atoms with Crippen molar-refractivity contribution in [3.63, 3.8) is 0 Å². The smallest absolute Gasteiger partial charge is 0.457 e. The minimum absolute atomic E-state index is 0.0874. The quantitative estimate of drug-likeness (QED) is 0.0149. The Morgan fingerprint density at radius 1 is 0.533 bits per heavy atom. The zero-order valence-electron chi connectivity index (χ0n) is 37.2. The fourth-order valence-corrected chi connectivity index (χ4v) is 7.86. The number of allylic oxidation sites excluding steroid dienone is 8. The average Bonchev–Trinajstić information content (AvgIpc) is 3.23. The third-order valence-corrected chi connectivity index (χ3v) is 11.7. The van der Waals surface area contributed by atoms with E-state index in [1.165, 1.54) is 70.6 Å². The highest BCUT2D eigenvalue weighted by atomic mass is 31.2. The number of ether oxygens (including phenoxy) is 2. The van der Waals surface area contributed by atoms with Crippen LogP contribution in [-0.4, -0.2) is 98.9 Å². The van der Waals surface area contributed by atoms with E-state index in [1.54, 1.807) is 0 Å². The number of hydrogen-bond acceptors (Lipinski definition) is 11. The maximum absolute atomic E-state index is 12.8. The topological polar surface area (TPSA) is 192 Å². The number of aliphatic hydroxyl groups excluding tert-OH is 5. The van der Waals surface area contributed by atoms with Gasteiger partial charge in [-0.1, -0.05) is 146 Å². The molecule has 0 saturated heterocycles. The second-order valence-corrected chi connectivity index (χ2v) is 17.7. The summed E-state index contributed by atoms with van der Waals surface area (Å²) in [6, 6.07) is 0. The molecule has 1 saturated carbocycles. The van der Waals surface area contributed by atoms with Gasteiger partial charge in [0.05, 0.1) is 13.2 Å². The number of carbonyl (C=O) groups is 1. The average molecular weight is 873 g/mol. The van der Waals surface area contributed by atoms with Crippen LogP contribution in [0.1, 0.15) is 181 Å². The lowest BCUT2D eigenvalue weighted by Gasteiger charge is -2.41. The number of aliphatic hydroxyl groups is 5. The summed E-state index contributed by atoms with van der Waals surface area (Å²) in [5.41, 5.74) is 0. The molecule has 6 unspecified atom stereocenters. The molecule has 13 heteroatoms. The molecule has 6 atom stereocenters. The lowest BCUT2D eigenvalue weighted by Crippen LogP contribution is -2.64. The summed E-state index contributed by atoms with van der Waals surface area (Å²) >= 11 is 0. The first-order valence-corrected chi connectivity index (χ1v) is 25.0. The number of hydrogen-bond donors (Lipinski definition) is 6. The van der Waals surface area contributed by atoms with Crippen LogP contribution in [0.5, 0.6) is 0 Å². The van der Waals surface area contributed by atoms with E-state index in [0.717, 1.165) is 83.5 Å². The van der Waals surface area contributed by atoms with Crippen LogP contribution in [0.15, 0.2) is 48.6 Å². The van der Waals surface area contributed by atoms with Crippen molar-refractivity contribution in [1.29, 1.82) is 0 Å². The Labute approximate surface area is 363 Å². The molecule has 0 bridgehead atoms. The molecular weight excluding hydrogens is 787 g/mol. The van der Waals surface area contributed by atoms with Crippen molar-refractivity contribution in [2.24, 2.45) is 0 Å². The summed E-state index contributed by atoms with van der Waals surface area (Å²) in [5.74, 6) is -0.494. The first-order valence-electron chi connectivity index (χ1n) is 23.5. The molecule has 0 aliphatic heterocycles. The standard InChI is InChI=1S/C47H85O12P/c1-3-5-7-9-11-13-15-17-19-20-21-23-25-27-29-31-33-35-37-56-38-40(39-57-60(54,55)59-47-45(52)43(50)42(49)44(51)46(47)53)58-41(48)36-34-32-30-28-26-24-22-18-16-14-12-10-8-6-4-2/h11-14,17-19,22,40,42-47,49-53H,3-10,15-16,20-21,23-39H2,1-2H3,(H,54,55)/b13-11-,14-12-,19-17-,22-18-. The molecule has 0 amide bonds. The van der Waals surface area contributed by atoms with Crippen molar-refractivity contribution in [2.45, 2.75) is 224 Å². The first-order chi connectivity index (χ1) is 29.0. The SMILES string of the molecule is CCCCC/C=C\C/C=C\CCCCCCCCCCOCC(COP(=O)(O)OC1C(O)C(O)C(O)C(O)C1O)OC(=O)CCCCCCC/C=C\C/C=C\CCCCC. The molecule has 0 aromatic heterocycles. The third kappa shape index (κ3) is 29.6. The van der Waals surface area contributed by atoms with Crippen LogP contribution in [0.4, 0.5) is 0 Å². The lowest BCUT2D eigenvalue weighted by atomic mass is 9.85. The van der Waals surface area contributed by atoms with Crippen LogP contribution in [-0.2, 0) is 27.9 Å². The molecule has 0 aromatic rings. The zero-order valence-corrected chi connectivity index (χ0v) is 38.1. The second kappa shape index (κ2) is 37.8. The van der Waals surface area contributed by atoms with Crippen molar-refractivity contribution < 1.29 is 58.3 Å². The highest BCUT2D eigenvalue weighted by Gasteiger charge is 2.51. The van der Waals surface area contributed by atoms with E-state index >= 15 is 0 Å². The van der Waals surface area contributed by atoms with Crippen molar-refractivity contribution in [3.05, 3.63) is 48.6 Å². The largest absolute Gasteiger partial charge is 0.472 e. The summed E-state index contributed by atoms with van der Waals surface area (Å²) in [6.07, 6.45) is 33.1. The van der Waals surface area contributed by atoms with Crippen molar-refractivity contribution in [3.8, 4) is 0 Å². The van der Waals surface area contributed by atoms with Gasteiger partial charge < -0.3 is 39.9 Å². The van der Waals surface area contributed by atoms with Gasteiger partial charge in [-0.05, 0) is 77.0 Å². The highest BCUT2D eigenvalue weighted by molar-refractivity contribution is 7.47. The predicted molar refractivity (Wildman–Crippen MR) is 239 cm³/mol. The van der Waals surface area contributed by atoms with Crippen LogP contribution in [0.3, 0.4) is 0 Å². The van der Waals surface area contributed by atoms with Gasteiger partial charge in [-0.15, -0.1) is 0 Å². The first kappa shape index (κ1) is 56.3. The minimum atomic E-state index is -5.02. The fraction of sp³-hybridized carbons (Fsp3) is 0.809. The summed E-state index contributed by atoms with van der Waals surface area (Å²) < 4.78 is 34.2. The van der Waals surface area contributed by atoms with Crippen LogP contribution >= 0.6 is 7.82 Å². The van der Waals surface area contributed by atoms with Crippen molar-refractivity contribution >= 4 is 13.8 Å². The van der Waals surface area contributed by atoms with E-state index < -0.39 is 63.1 Å².